The van der Waals surface area contributed by atoms with Crippen molar-refractivity contribution in [3.8, 4) is 5.75 Å². The molecule has 0 saturated carbocycles. The first-order valence-corrected chi connectivity index (χ1v) is 11.0. The number of carbonyl (C=O) groups is 1. The number of hydrogen-bond acceptors (Lipinski definition) is 4. The lowest BCUT2D eigenvalue weighted by molar-refractivity contribution is -0.136. The highest BCUT2D eigenvalue weighted by molar-refractivity contribution is 7.91. The van der Waals surface area contributed by atoms with Gasteiger partial charge in [0.05, 0.1) is 11.5 Å². The van der Waals surface area contributed by atoms with E-state index < -0.39 is 9.84 Å². The largest absolute Gasteiger partial charge is 0.484 e. The van der Waals surface area contributed by atoms with Crippen LogP contribution in [0, 0.1) is 0 Å². The summed E-state index contributed by atoms with van der Waals surface area (Å²) in [6.45, 7) is 0.0995. The third-order valence-electron chi connectivity index (χ3n) is 4.39. The highest BCUT2D eigenvalue weighted by Crippen LogP contribution is 2.22. The van der Waals surface area contributed by atoms with Crippen LogP contribution >= 0.6 is 23.2 Å². The summed E-state index contributed by atoms with van der Waals surface area (Å²) in [5.41, 5.74) is 0.839. The Balaban J connectivity index is 1.73. The van der Waals surface area contributed by atoms with Crippen molar-refractivity contribution >= 4 is 38.9 Å². The molecule has 1 amide bonds. The number of rotatable bonds is 6. The molecule has 0 bridgehead atoms. The molecule has 8 heteroatoms. The van der Waals surface area contributed by atoms with Crippen LogP contribution in [0.3, 0.4) is 0 Å². The Bertz CT molecular complexity index is 916. The van der Waals surface area contributed by atoms with Crippen molar-refractivity contribution in [2.45, 2.75) is 19.0 Å². The van der Waals surface area contributed by atoms with Gasteiger partial charge in [-0.3, -0.25) is 4.79 Å². The third kappa shape index (κ3) is 5.61. The lowest BCUT2D eigenvalue weighted by Crippen LogP contribution is -2.43. The minimum Gasteiger partial charge on any atom is -0.484 e. The van der Waals surface area contributed by atoms with Gasteiger partial charge in [0, 0.05) is 22.6 Å². The monoisotopic (exact) mass is 427 g/mol. The minimum absolute atomic E-state index is 0.0275. The molecule has 0 aromatic heterocycles. The van der Waals surface area contributed by atoms with Crippen molar-refractivity contribution in [1.29, 1.82) is 0 Å². The van der Waals surface area contributed by atoms with Gasteiger partial charge in [-0.1, -0.05) is 35.3 Å². The average Bonchev–Trinajstić information content (AvgIpc) is 2.98. The van der Waals surface area contributed by atoms with E-state index in [0.717, 1.165) is 5.56 Å². The van der Waals surface area contributed by atoms with Gasteiger partial charge in [-0.2, -0.15) is 0 Å². The minimum atomic E-state index is -3.12. The van der Waals surface area contributed by atoms with Gasteiger partial charge in [0.25, 0.3) is 5.91 Å². The zero-order valence-electron chi connectivity index (χ0n) is 14.5. The van der Waals surface area contributed by atoms with E-state index in [9.17, 15) is 13.2 Å². The summed E-state index contributed by atoms with van der Waals surface area (Å²) in [4.78, 5) is 14.4. The fourth-order valence-electron chi connectivity index (χ4n) is 3.03. The second-order valence-corrected chi connectivity index (χ2v) is 9.55. The first kappa shape index (κ1) is 20.0. The second kappa shape index (κ2) is 8.50. The van der Waals surface area contributed by atoms with Crippen molar-refractivity contribution in [3.05, 3.63) is 64.1 Å². The standard InChI is InChI=1S/C19H19Cl2NO4S/c20-15-4-6-18(7-5-15)26-12-19(23)22(17-8-9-27(24,25)13-17)11-14-2-1-3-16(21)10-14/h1-7,10,17H,8-9,11-13H2/t17-/m1/s1. The van der Waals surface area contributed by atoms with Crippen molar-refractivity contribution in [3.63, 3.8) is 0 Å². The van der Waals surface area contributed by atoms with E-state index in [0.29, 0.717) is 22.2 Å². The van der Waals surface area contributed by atoms with Crippen molar-refractivity contribution < 1.29 is 17.9 Å². The normalized spacial score (nSPS) is 18.2. The number of sulfone groups is 1. The molecular formula is C19H19Cl2NO4S. The van der Waals surface area contributed by atoms with Crippen LogP contribution in [0.5, 0.6) is 5.75 Å². The Morgan fingerprint density at radius 1 is 1.11 bits per heavy atom. The smallest absolute Gasteiger partial charge is 0.261 e. The van der Waals surface area contributed by atoms with Crippen LogP contribution in [-0.2, 0) is 21.2 Å². The molecule has 1 aliphatic rings. The molecule has 1 atom stereocenters. The van der Waals surface area contributed by atoms with Crippen LogP contribution in [-0.4, -0.2) is 43.4 Å². The van der Waals surface area contributed by atoms with E-state index >= 15 is 0 Å². The van der Waals surface area contributed by atoms with Crippen LogP contribution in [0.25, 0.3) is 0 Å². The molecule has 2 aromatic rings. The summed E-state index contributed by atoms with van der Waals surface area (Å²) >= 11 is 11.9. The van der Waals surface area contributed by atoms with Crippen LogP contribution in [0.2, 0.25) is 10.0 Å². The van der Waals surface area contributed by atoms with Gasteiger partial charge in [-0.25, -0.2) is 8.42 Å². The van der Waals surface area contributed by atoms with E-state index in [1.807, 2.05) is 6.07 Å². The molecule has 27 heavy (non-hydrogen) atoms. The van der Waals surface area contributed by atoms with E-state index in [2.05, 4.69) is 0 Å². The van der Waals surface area contributed by atoms with E-state index in [-0.39, 0.29) is 36.6 Å². The van der Waals surface area contributed by atoms with E-state index in [4.69, 9.17) is 27.9 Å². The molecule has 2 aromatic carbocycles. The molecule has 0 N–H and O–H groups in total. The van der Waals surface area contributed by atoms with Gasteiger partial charge in [0.15, 0.2) is 16.4 Å². The first-order chi connectivity index (χ1) is 12.8. The summed E-state index contributed by atoms with van der Waals surface area (Å²) in [5.74, 6) is 0.316. The Morgan fingerprint density at radius 2 is 1.85 bits per heavy atom. The molecule has 144 valence electrons. The predicted octanol–water partition coefficient (Wildman–Crippen LogP) is 3.59. The molecule has 0 aliphatic carbocycles. The maximum absolute atomic E-state index is 12.8. The van der Waals surface area contributed by atoms with Crippen LogP contribution < -0.4 is 4.74 Å². The Labute approximate surface area is 168 Å². The number of hydrogen-bond donors (Lipinski definition) is 0. The molecule has 1 fully saturated rings. The fraction of sp³-hybridized carbons (Fsp3) is 0.316. The summed E-state index contributed by atoms with van der Waals surface area (Å²) in [6, 6.07) is 13.5. The van der Waals surface area contributed by atoms with E-state index in [1.54, 1.807) is 47.4 Å². The molecule has 5 nitrogen and oxygen atoms in total. The number of halogens is 2. The number of carbonyl (C=O) groups excluding carboxylic acids is 1. The van der Waals surface area contributed by atoms with Crippen LogP contribution in [0.4, 0.5) is 0 Å². The van der Waals surface area contributed by atoms with Crippen LogP contribution in [0.1, 0.15) is 12.0 Å². The van der Waals surface area contributed by atoms with Crippen molar-refractivity contribution in [2.24, 2.45) is 0 Å². The SMILES string of the molecule is O=C(COc1ccc(Cl)cc1)N(Cc1cccc(Cl)c1)[C@@H]1CCS(=O)(=O)C1. The quantitative estimate of drug-likeness (QED) is 0.706. The van der Waals surface area contributed by atoms with Gasteiger partial charge in [0.1, 0.15) is 5.75 Å². The summed E-state index contributed by atoms with van der Waals surface area (Å²) in [6.07, 6.45) is 0.426. The van der Waals surface area contributed by atoms with Crippen molar-refractivity contribution in [2.75, 3.05) is 18.1 Å². The maximum atomic E-state index is 12.8. The molecule has 0 spiro atoms. The molecule has 1 heterocycles. The van der Waals surface area contributed by atoms with Gasteiger partial charge in [-0.05, 0) is 48.4 Å². The van der Waals surface area contributed by atoms with Crippen molar-refractivity contribution in [1.82, 2.24) is 4.90 Å². The van der Waals surface area contributed by atoms with E-state index in [1.165, 1.54) is 0 Å². The predicted molar refractivity (Wildman–Crippen MR) is 106 cm³/mol. The molecule has 0 radical (unpaired) electrons. The number of ether oxygens (including phenoxy) is 1. The van der Waals surface area contributed by atoms with Gasteiger partial charge in [-0.15, -0.1) is 0 Å². The average molecular weight is 428 g/mol. The lowest BCUT2D eigenvalue weighted by atomic mass is 10.1. The Hall–Kier alpha value is -1.76. The lowest BCUT2D eigenvalue weighted by Gasteiger charge is -2.28. The van der Waals surface area contributed by atoms with Gasteiger partial charge in [0.2, 0.25) is 0 Å². The topological polar surface area (TPSA) is 63.7 Å². The summed E-state index contributed by atoms with van der Waals surface area (Å²) < 4.78 is 29.3. The highest BCUT2D eigenvalue weighted by Gasteiger charge is 2.34. The second-order valence-electron chi connectivity index (χ2n) is 6.45. The highest BCUT2D eigenvalue weighted by atomic mass is 35.5. The number of nitrogens with zero attached hydrogens (tertiary/aromatic N) is 1. The zero-order chi connectivity index (χ0) is 19.4. The first-order valence-electron chi connectivity index (χ1n) is 8.45. The molecule has 3 rings (SSSR count). The fourth-order valence-corrected chi connectivity index (χ4v) is 5.10. The summed E-state index contributed by atoms with van der Waals surface area (Å²) in [7, 11) is -3.12. The zero-order valence-corrected chi connectivity index (χ0v) is 16.8. The number of benzene rings is 2. The molecule has 1 saturated heterocycles. The van der Waals surface area contributed by atoms with Gasteiger partial charge < -0.3 is 9.64 Å². The molecular weight excluding hydrogens is 409 g/mol. The summed E-state index contributed by atoms with van der Waals surface area (Å²) in [5, 5.41) is 1.14. The third-order valence-corrected chi connectivity index (χ3v) is 6.62. The number of amides is 1. The maximum Gasteiger partial charge on any atom is 0.261 e. The van der Waals surface area contributed by atoms with Gasteiger partial charge >= 0.3 is 0 Å². The molecule has 1 aliphatic heterocycles. The van der Waals surface area contributed by atoms with Crippen LogP contribution in [0.15, 0.2) is 48.5 Å². The molecule has 0 unspecified atom stereocenters. The Morgan fingerprint density at radius 3 is 2.48 bits per heavy atom. The Kier molecular flexibility index (Phi) is 6.29.